The van der Waals surface area contributed by atoms with Crippen molar-refractivity contribution in [2.45, 2.75) is 32.0 Å². The molecule has 1 saturated heterocycles. The van der Waals surface area contributed by atoms with Crippen molar-refractivity contribution in [1.82, 2.24) is 15.2 Å². The van der Waals surface area contributed by atoms with Gasteiger partial charge in [0.1, 0.15) is 18.1 Å². The van der Waals surface area contributed by atoms with Crippen LogP contribution in [0.4, 0.5) is 0 Å². The summed E-state index contributed by atoms with van der Waals surface area (Å²) in [5.74, 6) is 1.80. The van der Waals surface area contributed by atoms with Gasteiger partial charge in [-0.3, -0.25) is 9.88 Å². The molecule has 0 radical (unpaired) electrons. The van der Waals surface area contributed by atoms with Crippen LogP contribution in [0.25, 0.3) is 0 Å². The van der Waals surface area contributed by atoms with E-state index in [0.29, 0.717) is 12.6 Å². The van der Waals surface area contributed by atoms with Crippen molar-refractivity contribution in [2.24, 2.45) is 0 Å². The molecule has 2 heterocycles. The van der Waals surface area contributed by atoms with Gasteiger partial charge in [0.2, 0.25) is 0 Å². The predicted octanol–water partition coefficient (Wildman–Crippen LogP) is 4.60. The molecule has 0 saturated carbocycles. The second kappa shape index (κ2) is 10.9. The third-order valence-electron chi connectivity index (χ3n) is 5.81. The molecule has 0 amide bonds. The molecule has 1 atom stereocenters. The van der Waals surface area contributed by atoms with Crippen molar-refractivity contribution in [1.29, 1.82) is 0 Å². The van der Waals surface area contributed by atoms with E-state index in [4.69, 9.17) is 9.47 Å². The maximum atomic E-state index is 6.06. The number of benzene rings is 2. The number of rotatable bonds is 10. The molecule has 1 aliphatic heterocycles. The normalized spacial score (nSPS) is 15.0. The average molecular weight is 418 g/mol. The lowest BCUT2D eigenvalue weighted by atomic mass is 10.0. The summed E-state index contributed by atoms with van der Waals surface area (Å²) < 4.78 is 11.4. The molecule has 1 aliphatic rings. The highest BCUT2D eigenvalue weighted by Gasteiger charge is 2.23. The Morgan fingerprint density at radius 1 is 0.968 bits per heavy atom. The SMILES string of the molecule is COc1ccc(C(CNCc2ccccc2OCc2ccccn2)N2CCCC2)cc1. The van der Waals surface area contributed by atoms with Gasteiger partial charge in [-0.05, 0) is 61.8 Å². The Morgan fingerprint density at radius 2 is 1.74 bits per heavy atom. The second-order valence-corrected chi connectivity index (χ2v) is 7.88. The fraction of sp³-hybridized carbons (Fsp3) is 0.346. The fourth-order valence-electron chi connectivity index (χ4n) is 4.11. The maximum absolute atomic E-state index is 6.06. The van der Waals surface area contributed by atoms with E-state index < -0.39 is 0 Å². The summed E-state index contributed by atoms with van der Waals surface area (Å²) in [6.07, 6.45) is 4.34. The molecule has 4 rings (SSSR count). The molecule has 1 aromatic heterocycles. The van der Waals surface area contributed by atoms with Gasteiger partial charge in [0.05, 0.1) is 12.8 Å². The molecule has 1 fully saturated rings. The molecule has 162 valence electrons. The predicted molar refractivity (Wildman–Crippen MR) is 123 cm³/mol. The van der Waals surface area contributed by atoms with Crippen molar-refractivity contribution in [3.8, 4) is 11.5 Å². The Labute approximate surface area is 185 Å². The standard InChI is InChI=1S/C26H31N3O2/c1-30-24-13-11-21(12-14-24)25(29-16-6-7-17-29)19-27-18-22-8-2-3-10-26(22)31-20-23-9-4-5-15-28-23/h2-5,8-15,25,27H,6-7,16-20H2,1H3. The first-order valence-corrected chi connectivity index (χ1v) is 11.0. The van der Waals surface area contributed by atoms with Gasteiger partial charge < -0.3 is 14.8 Å². The molecule has 1 N–H and O–H groups in total. The first-order valence-electron chi connectivity index (χ1n) is 11.0. The van der Waals surface area contributed by atoms with Gasteiger partial charge in [0.25, 0.3) is 0 Å². The number of hydrogen-bond acceptors (Lipinski definition) is 5. The Bertz CT molecular complexity index is 925. The smallest absolute Gasteiger partial charge is 0.130 e. The van der Waals surface area contributed by atoms with Gasteiger partial charge in [-0.1, -0.05) is 36.4 Å². The lowest BCUT2D eigenvalue weighted by Gasteiger charge is -2.28. The van der Waals surface area contributed by atoms with E-state index in [9.17, 15) is 0 Å². The Balaban J connectivity index is 1.39. The third kappa shape index (κ3) is 5.84. The molecule has 0 aliphatic carbocycles. The Morgan fingerprint density at radius 3 is 2.48 bits per heavy atom. The summed E-state index contributed by atoms with van der Waals surface area (Å²) in [4.78, 5) is 6.93. The minimum atomic E-state index is 0.356. The van der Waals surface area contributed by atoms with Crippen molar-refractivity contribution in [3.63, 3.8) is 0 Å². The zero-order chi connectivity index (χ0) is 21.3. The molecule has 31 heavy (non-hydrogen) atoms. The Kier molecular flexibility index (Phi) is 7.53. The van der Waals surface area contributed by atoms with E-state index in [1.54, 1.807) is 13.3 Å². The van der Waals surface area contributed by atoms with E-state index >= 15 is 0 Å². The van der Waals surface area contributed by atoms with Gasteiger partial charge in [-0.15, -0.1) is 0 Å². The number of para-hydroxylation sites is 1. The molecule has 0 bridgehead atoms. The van der Waals surface area contributed by atoms with Crippen LogP contribution in [0.5, 0.6) is 11.5 Å². The highest BCUT2D eigenvalue weighted by atomic mass is 16.5. The molecule has 2 aromatic carbocycles. The number of nitrogens with one attached hydrogen (secondary N) is 1. The minimum absolute atomic E-state index is 0.356. The molecule has 3 aromatic rings. The van der Waals surface area contributed by atoms with Crippen molar-refractivity contribution < 1.29 is 9.47 Å². The van der Waals surface area contributed by atoms with Crippen LogP contribution >= 0.6 is 0 Å². The van der Waals surface area contributed by atoms with Gasteiger partial charge in [0, 0.05) is 30.9 Å². The summed E-state index contributed by atoms with van der Waals surface area (Å²) >= 11 is 0. The fourth-order valence-corrected chi connectivity index (χ4v) is 4.11. The van der Waals surface area contributed by atoms with Gasteiger partial charge in [-0.25, -0.2) is 0 Å². The van der Waals surface area contributed by atoms with Gasteiger partial charge >= 0.3 is 0 Å². The monoisotopic (exact) mass is 417 g/mol. The quantitative estimate of drug-likeness (QED) is 0.523. The first-order chi connectivity index (χ1) is 15.3. The van der Waals surface area contributed by atoms with Crippen LogP contribution in [-0.2, 0) is 13.2 Å². The van der Waals surface area contributed by atoms with Gasteiger partial charge in [0.15, 0.2) is 0 Å². The lowest BCUT2D eigenvalue weighted by Crippen LogP contribution is -2.34. The van der Waals surface area contributed by atoms with Crippen LogP contribution in [0.1, 0.15) is 35.7 Å². The van der Waals surface area contributed by atoms with E-state index in [1.165, 1.54) is 18.4 Å². The molecule has 1 unspecified atom stereocenters. The number of hydrogen-bond donors (Lipinski definition) is 1. The Hall–Kier alpha value is -2.89. The van der Waals surface area contributed by atoms with Gasteiger partial charge in [-0.2, -0.15) is 0 Å². The minimum Gasteiger partial charge on any atom is -0.497 e. The van der Waals surface area contributed by atoms with Crippen LogP contribution in [0.3, 0.4) is 0 Å². The summed E-state index contributed by atoms with van der Waals surface area (Å²) in [5, 5.41) is 3.68. The summed E-state index contributed by atoms with van der Waals surface area (Å²) in [5.41, 5.74) is 3.42. The third-order valence-corrected chi connectivity index (χ3v) is 5.81. The molecule has 5 nitrogen and oxygen atoms in total. The topological polar surface area (TPSA) is 46.6 Å². The summed E-state index contributed by atoms with van der Waals surface area (Å²) in [6.45, 7) is 4.43. The highest BCUT2D eigenvalue weighted by molar-refractivity contribution is 5.33. The summed E-state index contributed by atoms with van der Waals surface area (Å²) in [6, 6.07) is 23.0. The van der Waals surface area contributed by atoms with E-state index in [2.05, 4.69) is 51.6 Å². The van der Waals surface area contributed by atoms with Crippen LogP contribution < -0.4 is 14.8 Å². The maximum Gasteiger partial charge on any atom is 0.130 e. The number of ether oxygens (including phenoxy) is 2. The second-order valence-electron chi connectivity index (χ2n) is 7.88. The number of pyridine rings is 1. The number of nitrogens with zero attached hydrogens (tertiary/aromatic N) is 2. The van der Waals surface area contributed by atoms with Crippen LogP contribution in [-0.4, -0.2) is 36.6 Å². The zero-order valence-electron chi connectivity index (χ0n) is 18.2. The molecular weight excluding hydrogens is 386 g/mol. The number of likely N-dealkylation sites (tertiary alicyclic amines) is 1. The zero-order valence-corrected chi connectivity index (χ0v) is 18.2. The van der Waals surface area contributed by atoms with Crippen LogP contribution in [0.15, 0.2) is 72.9 Å². The largest absolute Gasteiger partial charge is 0.497 e. The average Bonchev–Trinajstić information content (AvgIpc) is 3.36. The van der Waals surface area contributed by atoms with Crippen LogP contribution in [0, 0.1) is 0 Å². The van der Waals surface area contributed by atoms with Crippen molar-refractivity contribution in [3.05, 3.63) is 89.7 Å². The first kappa shape index (κ1) is 21.3. The summed E-state index contributed by atoms with van der Waals surface area (Å²) in [7, 11) is 1.71. The van der Waals surface area contributed by atoms with Crippen molar-refractivity contribution >= 4 is 0 Å². The van der Waals surface area contributed by atoms with E-state index in [0.717, 1.165) is 48.9 Å². The highest BCUT2D eigenvalue weighted by Crippen LogP contribution is 2.27. The number of aromatic nitrogens is 1. The molecule has 0 spiro atoms. The van der Waals surface area contributed by atoms with Crippen LogP contribution in [0.2, 0.25) is 0 Å². The molecule has 5 heteroatoms. The number of methoxy groups -OCH3 is 1. The molecular formula is C26H31N3O2. The lowest BCUT2D eigenvalue weighted by molar-refractivity contribution is 0.237. The van der Waals surface area contributed by atoms with E-state index in [-0.39, 0.29) is 0 Å². The van der Waals surface area contributed by atoms with E-state index in [1.807, 2.05) is 30.3 Å². The van der Waals surface area contributed by atoms with Crippen molar-refractivity contribution in [2.75, 3.05) is 26.7 Å².